The number of carbonyl (C=O) groups is 2. The first-order valence-corrected chi connectivity index (χ1v) is 13.8. The molecule has 1 aliphatic heterocycles. The van der Waals surface area contributed by atoms with Gasteiger partial charge in [0.2, 0.25) is 5.91 Å². The van der Waals surface area contributed by atoms with Crippen LogP contribution < -0.4 is 10.2 Å². The number of benzene rings is 2. The molecule has 0 unspecified atom stereocenters. The van der Waals surface area contributed by atoms with E-state index in [0.717, 1.165) is 33.6 Å². The summed E-state index contributed by atoms with van der Waals surface area (Å²) in [5, 5.41) is 4.41. The lowest BCUT2D eigenvalue weighted by Gasteiger charge is -2.29. The van der Waals surface area contributed by atoms with Crippen molar-refractivity contribution in [2.24, 2.45) is 0 Å². The zero-order valence-corrected chi connectivity index (χ0v) is 21.0. The summed E-state index contributed by atoms with van der Waals surface area (Å²) in [6.45, 7) is 0.654. The number of carbonyl (C=O) groups excluding carboxylic acids is 2. The second-order valence-electron chi connectivity index (χ2n) is 8.36. The van der Waals surface area contributed by atoms with Crippen molar-refractivity contribution in [3.8, 4) is 0 Å². The molecule has 2 aromatic carbocycles. The van der Waals surface area contributed by atoms with Gasteiger partial charge in [-0.05, 0) is 60.9 Å². The number of thioether (sulfide) groups is 2. The Kier molecular flexibility index (Phi) is 8.82. The molecule has 2 aliphatic rings. The third kappa shape index (κ3) is 6.81. The molecule has 1 aliphatic carbocycles. The van der Waals surface area contributed by atoms with E-state index in [0.29, 0.717) is 16.5 Å². The van der Waals surface area contributed by atoms with Crippen LogP contribution in [0.25, 0.3) is 6.08 Å². The van der Waals surface area contributed by atoms with Gasteiger partial charge < -0.3 is 5.32 Å². The summed E-state index contributed by atoms with van der Waals surface area (Å²) in [6, 6.07) is 15.1. The quantitative estimate of drug-likeness (QED) is 0.337. The summed E-state index contributed by atoms with van der Waals surface area (Å²) in [7, 11) is 0. The van der Waals surface area contributed by atoms with Gasteiger partial charge in [-0.2, -0.15) is 11.8 Å². The first-order chi connectivity index (χ1) is 16.1. The minimum Gasteiger partial charge on any atom is -0.355 e. The monoisotopic (exact) mass is 500 g/mol. The van der Waals surface area contributed by atoms with Crippen LogP contribution in [0.1, 0.15) is 44.1 Å². The van der Waals surface area contributed by atoms with Gasteiger partial charge in [0.15, 0.2) is 0 Å². The summed E-state index contributed by atoms with van der Waals surface area (Å²) in [6.07, 6.45) is 9.53. The predicted molar refractivity (Wildman–Crippen MR) is 141 cm³/mol. The normalized spacial score (nSPS) is 17.8. The summed E-state index contributed by atoms with van der Waals surface area (Å²) in [4.78, 5) is 29.1. The molecule has 0 radical (unpaired) electrons. The molecule has 2 amide bonds. The van der Waals surface area contributed by atoms with Crippen LogP contribution in [0.4, 0.5) is 5.69 Å². The fourth-order valence-electron chi connectivity index (χ4n) is 4.15. The molecular formula is C26H29ClN2O2S2. The van der Waals surface area contributed by atoms with Gasteiger partial charge in [-0.1, -0.05) is 66.9 Å². The Labute approximate surface area is 209 Å². The lowest BCUT2D eigenvalue weighted by atomic mass is 10.0. The van der Waals surface area contributed by atoms with E-state index in [2.05, 4.69) is 5.32 Å². The van der Waals surface area contributed by atoms with Gasteiger partial charge in [-0.15, -0.1) is 0 Å². The molecule has 0 bridgehead atoms. The highest BCUT2D eigenvalue weighted by Gasteiger charge is 2.30. The summed E-state index contributed by atoms with van der Waals surface area (Å²) < 4.78 is 0. The van der Waals surface area contributed by atoms with Crippen molar-refractivity contribution in [3.63, 3.8) is 0 Å². The molecule has 0 aromatic heterocycles. The van der Waals surface area contributed by atoms with Crippen molar-refractivity contribution in [3.05, 3.63) is 64.0 Å². The van der Waals surface area contributed by atoms with Gasteiger partial charge in [0.1, 0.15) is 6.54 Å². The van der Waals surface area contributed by atoms with E-state index in [4.69, 9.17) is 11.6 Å². The number of anilines is 1. The van der Waals surface area contributed by atoms with Crippen LogP contribution in [-0.4, -0.2) is 35.9 Å². The number of amides is 2. The number of para-hydroxylation sites is 1. The maximum absolute atomic E-state index is 13.3. The Balaban J connectivity index is 1.36. The number of fused-ring (bicyclic) bond motifs is 1. The highest BCUT2D eigenvalue weighted by molar-refractivity contribution is 8.04. The van der Waals surface area contributed by atoms with Crippen molar-refractivity contribution < 1.29 is 9.59 Å². The molecule has 4 nitrogen and oxygen atoms in total. The van der Waals surface area contributed by atoms with Crippen LogP contribution in [0.15, 0.2) is 58.3 Å². The SMILES string of the molecule is O=C(CN1C(=O)C(=Cc2cccc(Cl)c2)Sc2ccccc21)NCCCSC1CCCCC1. The van der Waals surface area contributed by atoms with Crippen molar-refractivity contribution in [2.45, 2.75) is 48.7 Å². The highest BCUT2D eigenvalue weighted by atomic mass is 35.5. The lowest BCUT2D eigenvalue weighted by Crippen LogP contribution is -2.43. The fraction of sp³-hybridized carbons (Fsp3) is 0.385. The minimum absolute atomic E-state index is 0.0130. The van der Waals surface area contributed by atoms with Crippen LogP contribution in [0.3, 0.4) is 0 Å². The standard InChI is InChI=1S/C26H29ClN2O2S2/c27-20-9-6-8-19(16-20)17-24-26(31)29(22-12-4-5-13-23(22)33-24)18-25(30)28-14-7-15-32-21-10-2-1-3-11-21/h4-6,8-9,12-13,16-17,21H,1-3,7,10-11,14-15,18H2,(H,28,30). The average molecular weight is 501 g/mol. The Hall–Kier alpha value is -1.89. The first-order valence-electron chi connectivity index (χ1n) is 11.5. The van der Waals surface area contributed by atoms with E-state index >= 15 is 0 Å². The number of halogens is 1. The van der Waals surface area contributed by atoms with E-state index in [-0.39, 0.29) is 18.4 Å². The molecule has 7 heteroatoms. The number of nitrogens with one attached hydrogen (secondary N) is 1. The summed E-state index contributed by atoms with van der Waals surface area (Å²) in [5.74, 6) is 0.774. The minimum atomic E-state index is -0.165. The smallest absolute Gasteiger partial charge is 0.265 e. The van der Waals surface area contributed by atoms with Crippen LogP contribution in [0.5, 0.6) is 0 Å². The topological polar surface area (TPSA) is 49.4 Å². The Bertz CT molecular complexity index is 1020. The van der Waals surface area contributed by atoms with Gasteiger partial charge >= 0.3 is 0 Å². The van der Waals surface area contributed by atoms with E-state index in [1.165, 1.54) is 43.9 Å². The molecule has 1 saturated carbocycles. The highest BCUT2D eigenvalue weighted by Crippen LogP contribution is 2.42. The molecule has 33 heavy (non-hydrogen) atoms. The zero-order valence-electron chi connectivity index (χ0n) is 18.6. The van der Waals surface area contributed by atoms with E-state index in [9.17, 15) is 9.59 Å². The fourth-order valence-corrected chi connectivity index (χ4v) is 6.72. The van der Waals surface area contributed by atoms with Gasteiger partial charge in [0.25, 0.3) is 5.91 Å². The second-order valence-corrected chi connectivity index (χ2v) is 11.3. The number of hydrogen-bond donors (Lipinski definition) is 1. The maximum Gasteiger partial charge on any atom is 0.265 e. The Morgan fingerprint density at radius 2 is 1.97 bits per heavy atom. The van der Waals surface area contributed by atoms with Gasteiger partial charge in [-0.25, -0.2) is 0 Å². The Morgan fingerprint density at radius 3 is 2.79 bits per heavy atom. The largest absolute Gasteiger partial charge is 0.355 e. The van der Waals surface area contributed by atoms with Gasteiger partial charge in [0, 0.05) is 21.7 Å². The summed E-state index contributed by atoms with van der Waals surface area (Å²) in [5.41, 5.74) is 1.64. The maximum atomic E-state index is 13.3. The number of nitrogens with zero attached hydrogens (tertiary/aromatic N) is 1. The molecule has 1 heterocycles. The molecule has 2 aromatic rings. The van der Waals surface area contributed by atoms with Gasteiger partial charge in [0.05, 0.1) is 10.6 Å². The molecule has 1 N–H and O–H groups in total. The zero-order chi connectivity index (χ0) is 23.0. The van der Waals surface area contributed by atoms with Crippen molar-refractivity contribution in [1.82, 2.24) is 5.32 Å². The predicted octanol–water partition coefficient (Wildman–Crippen LogP) is 6.39. The van der Waals surface area contributed by atoms with Crippen LogP contribution in [0.2, 0.25) is 5.02 Å². The molecule has 1 fully saturated rings. The average Bonchev–Trinajstić information content (AvgIpc) is 2.82. The molecule has 174 valence electrons. The molecule has 0 saturated heterocycles. The van der Waals surface area contributed by atoms with Gasteiger partial charge in [-0.3, -0.25) is 14.5 Å². The lowest BCUT2D eigenvalue weighted by molar-refractivity contribution is -0.122. The number of rotatable bonds is 8. The van der Waals surface area contributed by atoms with Crippen molar-refractivity contribution in [2.75, 3.05) is 23.7 Å². The van der Waals surface area contributed by atoms with Crippen LogP contribution in [0, 0.1) is 0 Å². The molecule has 0 atom stereocenters. The number of hydrogen-bond acceptors (Lipinski definition) is 4. The van der Waals surface area contributed by atoms with Crippen molar-refractivity contribution in [1.29, 1.82) is 0 Å². The summed E-state index contributed by atoms with van der Waals surface area (Å²) >= 11 is 9.58. The molecule has 0 spiro atoms. The van der Waals surface area contributed by atoms with E-state index in [1.54, 1.807) is 11.0 Å². The third-order valence-corrected chi connectivity index (χ3v) is 8.61. The second kappa shape index (κ2) is 12.0. The van der Waals surface area contributed by atoms with E-state index < -0.39 is 0 Å². The third-order valence-electron chi connectivity index (χ3n) is 5.83. The molecule has 4 rings (SSSR count). The van der Waals surface area contributed by atoms with Crippen molar-refractivity contribution >= 4 is 58.7 Å². The first kappa shape index (κ1) is 24.2. The van der Waals surface area contributed by atoms with Crippen LogP contribution >= 0.6 is 35.1 Å². The van der Waals surface area contributed by atoms with Crippen LogP contribution in [-0.2, 0) is 9.59 Å². The Morgan fingerprint density at radius 1 is 1.15 bits per heavy atom. The molecular weight excluding hydrogens is 472 g/mol. The van der Waals surface area contributed by atoms with E-state index in [1.807, 2.05) is 60.3 Å².